The van der Waals surface area contributed by atoms with Gasteiger partial charge in [-0.05, 0) is 62.7 Å². The van der Waals surface area contributed by atoms with E-state index in [0.29, 0.717) is 18.9 Å². The summed E-state index contributed by atoms with van der Waals surface area (Å²) in [5.41, 5.74) is 1.03. The fourth-order valence-corrected chi connectivity index (χ4v) is 4.39. The topological polar surface area (TPSA) is 50.4 Å². The van der Waals surface area contributed by atoms with E-state index in [9.17, 15) is 4.79 Å². The third-order valence-corrected chi connectivity index (χ3v) is 6.09. The second-order valence-electron chi connectivity index (χ2n) is 7.38. The van der Waals surface area contributed by atoms with Gasteiger partial charge in [-0.25, -0.2) is 0 Å². The Morgan fingerprint density at radius 2 is 1.92 bits per heavy atom. The molecule has 0 atom stereocenters. The van der Waals surface area contributed by atoms with E-state index in [1.165, 1.54) is 12.8 Å². The molecule has 2 fully saturated rings. The highest BCUT2D eigenvalue weighted by atomic mass is 35.5. The number of ether oxygens (including phenoxy) is 1. The van der Waals surface area contributed by atoms with E-state index >= 15 is 0 Å². The summed E-state index contributed by atoms with van der Waals surface area (Å²) in [6.45, 7) is 4.25. The lowest BCUT2D eigenvalue weighted by Gasteiger charge is -2.38. The van der Waals surface area contributed by atoms with Crippen LogP contribution in [-0.2, 0) is 14.9 Å². The summed E-state index contributed by atoms with van der Waals surface area (Å²) >= 11 is 6.47. The first kappa shape index (κ1) is 21.5. The molecule has 6 heteroatoms. The van der Waals surface area contributed by atoms with Gasteiger partial charge in [-0.1, -0.05) is 29.8 Å². The summed E-state index contributed by atoms with van der Waals surface area (Å²) in [4.78, 5) is 12.4. The Morgan fingerprint density at radius 1 is 1.23 bits per heavy atom. The molecule has 0 unspecified atom stereocenters. The Bertz CT molecular complexity index is 571. The number of piperidine rings is 1. The van der Waals surface area contributed by atoms with Crippen molar-refractivity contribution in [2.75, 3.05) is 32.8 Å². The van der Waals surface area contributed by atoms with Crippen LogP contribution < -0.4 is 10.6 Å². The fraction of sp³-hybridized carbons (Fsp3) is 0.650. The third-order valence-electron chi connectivity index (χ3n) is 5.76. The molecule has 0 aliphatic carbocycles. The molecule has 2 heterocycles. The van der Waals surface area contributed by atoms with Crippen molar-refractivity contribution >= 4 is 29.9 Å². The second kappa shape index (κ2) is 10.5. The van der Waals surface area contributed by atoms with E-state index < -0.39 is 0 Å². The molecule has 0 aromatic heterocycles. The maximum Gasteiger partial charge on any atom is 0.220 e. The van der Waals surface area contributed by atoms with Gasteiger partial charge in [0.2, 0.25) is 5.91 Å². The quantitative estimate of drug-likeness (QED) is 0.764. The van der Waals surface area contributed by atoms with Crippen LogP contribution in [0.4, 0.5) is 0 Å². The van der Waals surface area contributed by atoms with Crippen LogP contribution in [0.2, 0.25) is 5.02 Å². The first-order chi connectivity index (χ1) is 12.2. The lowest BCUT2D eigenvalue weighted by atomic mass is 9.74. The molecule has 0 radical (unpaired) electrons. The Hall–Kier alpha value is -0.810. The van der Waals surface area contributed by atoms with Gasteiger partial charge in [0.25, 0.3) is 0 Å². The maximum absolute atomic E-state index is 12.4. The third kappa shape index (κ3) is 5.59. The zero-order valence-electron chi connectivity index (χ0n) is 15.3. The summed E-state index contributed by atoms with van der Waals surface area (Å²) in [7, 11) is 0. The van der Waals surface area contributed by atoms with Crippen molar-refractivity contribution in [2.24, 2.45) is 5.92 Å². The van der Waals surface area contributed by atoms with Crippen LogP contribution >= 0.6 is 24.0 Å². The lowest BCUT2D eigenvalue weighted by molar-refractivity contribution is -0.122. The molecule has 1 aromatic rings. The van der Waals surface area contributed by atoms with Gasteiger partial charge < -0.3 is 15.4 Å². The van der Waals surface area contributed by atoms with Crippen LogP contribution in [0.5, 0.6) is 0 Å². The highest BCUT2D eigenvalue weighted by Crippen LogP contribution is 2.38. The number of halogens is 2. The molecule has 3 rings (SSSR count). The van der Waals surface area contributed by atoms with Crippen molar-refractivity contribution in [3.05, 3.63) is 34.9 Å². The monoisotopic (exact) mass is 400 g/mol. The summed E-state index contributed by atoms with van der Waals surface area (Å²) in [6.07, 6.45) is 5.79. The van der Waals surface area contributed by atoms with Crippen LogP contribution in [0.3, 0.4) is 0 Å². The summed E-state index contributed by atoms with van der Waals surface area (Å²) in [5, 5.41) is 7.35. The van der Waals surface area contributed by atoms with Crippen LogP contribution in [0, 0.1) is 5.92 Å². The van der Waals surface area contributed by atoms with E-state index in [2.05, 4.69) is 16.7 Å². The van der Waals surface area contributed by atoms with Crippen molar-refractivity contribution in [3.8, 4) is 0 Å². The Morgan fingerprint density at radius 3 is 2.62 bits per heavy atom. The molecule has 4 nitrogen and oxygen atoms in total. The Kier molecular flexibility index (Phi) is 8.68. The number of rotatable bonds is 6. The molecule has 0 bridgehead atoms. The van der Waals surface area contributed by atoms with Crippen LogP contribution in [0.1, 0.15) is 44.1 Å². The molecule has 2 N–H and O–H groups in total. The minimum Gasteiger partial charge on any atom is -0.381 e. The molecule has 1 aromatic carbocycles. The first-order valence-electron chi connectivity index (χ1n) is 9.50. The van der Waals surface area contributed by atoms with Gasteiger partial charge in [0.1, 0.15) is 0 Å². The normalized spacial score (nSPS) is 20.2. The maximum atomic E-state index is 12.4. The highest BCUT2D eigenvalue weighted by molar-refractivity contribution is 6.31. The zero-order chi connectivity index (χ0) is 17.5. The molecule has 2 aliphatic heterocycles. The van der Waals surface area contributed by atoms with E-state index in [1.807, 2.05) is 18.2 Å². The van der Waals surface area contributed by atoms with E-state index in [-0.39, 0.29) is 23.7 Å². The van der Waals surface area contributed by atoms with Gasteiger partial charge in [-0.15, -0.1) is 12.4 Å². The zero-order valence-corrected chi connectivity index (χ0v) is 16.8. The minimum atomic E-state index is -0.110. The van der Waals surface area contributed by atoms with Crippen molar-refractivity contribution in [2.45, 2.75) is 43.9 Å². The number of carbonyl (C=O) groups is 1. The molecule has 0 spiro atoms. The molecule has 1 amide bonds. The number of carbonyl (C=O) groups excluding carboxylic acids is 1. The largest absolute Gasteiger partial charge is 0.381 e. The lowest BCUT2D eigenvalue weighted by Crippen LogP contribution is -2.44. The summed E-state index contributed by atoms with van der Waals surface area (Å²) < 4.78 is 5.56. The Labute approximate surface area is 167 Å². The second-order valence-corrected chi connectivity index (χ2v) is 7.79. The van der Waals surface area contributed by atoms with Gasteiger partial charge in [0.05, 0.1) is 0 Å². The molecule has 146 valence electrons. The van der Waals surface area contributed by atoms with Crippen LogP contribution in [0.25, 0.3) is 0 Å². The van der Waals surface area contributed by atoms with Gasteiger partial charge in [0.15, 0.2) is 0 Å². The smallest absolute Gasteiger partial charge is 0.220 e. The van der Waals surface area contributed by atoms with Crippen molar-refractivity contribution in [3.63, 3.8) is 0 Å². The minimum absolute atomic E-state index is 0. The number of benzene rings is 1. The van der Waals surface area contributed by atoms with Gasteiger partial charge >= 0.3 is 0 Å². The van der Waals surface area contributed by atoms with E-state index in [0.717, 1.165) is 56.2 Å². The van der Waals surface area contributed by atoms with Crippen molar-refractivity contribution in [1.29, 1.82) is 0 Å². The van der Waals surface area contributed by atoms with Gasteiger partial charge in [0, 0.05) is 36.6 Å². The van der Waals surface area contributed by atoms with Crippen molar-refractivity contribution < 1.29 is 9.53 Å². The molecule has 0 saturated carbocycles. The molecular formula is C20H30Cl2N2O2. The molecule has 2 saturated heterocycles. The predicted octanol–water partition coefficient (Wildman–Crippen LogP) is 3.71. The summed E-state index contributed by atoms with van der Waals surface area (Å²) in [5.74, 6) is 0.851. The number of amides is 1. The average Bonchev–Trinajstić information content (AvgIpc) is 2.67. The van der Waals surface area contributed by atoms with Crippen molar-refractivity contribution in [1.82, 2.24) is 10.6 Å². The number of hydrogen-bond acceptors (Lipinski definition) is 3. The standard InChI is InChI=1S/C20H29ClN2O2.ClH/c21-18-4-2-1-3-17(18)20(9-13-25-14-10-20)15-23-19(24)6-5-16-7-11-22-12-8-16;/h1-4,16,22H,5-15H2,(H,23,24);1H. The SMILES string of the molecule is Cl.O=C(CCC1CCNCC1)NCC1(c2ccccc2Cl)CCOCC1. The molecule has 2 aliphatic rings. The average molecular weight is 401 g/mol. The van der Waals surface area contributed by atoms with Crippen LogP contribution in [-0.4, -0.2) is 38.8 Å². The predicted molar refractivity (Wildman–Crippen MR) is 108 cm³/mol. The Balaban J connectivity index is 0.00000243. The van der Waals surface area contributed by atoms with Gasteiger partial charge in [-0.2, -0.15) is 0 Å². The number of hydrogen-bond donors (Lipinski definition) is 2. The van der Waals surface area contributed by atoms with Crippen LogP contribution in [0.15, 0.2) is 24.3 Å². The number of nitrogens with one attached hydrogen (secondary N) is 2. The van der Waals surface area contributed by atoms with E-state index in [1.54, 1.807) is 0 Å². The van der Waals surface area contributed by atoms with Gasteiger partial charge in [-0.3, -0.25) is 4.79 Å². The molecule has 26 heavy (non-hydrogen) atoms. The van der Waals surface area contributed by atoms with E-state index in [4.69, 9.17) is 16.3 Å². The first-order valence-corrected chi connectivity index (χ1v) is 9.88. The fourth-order valence-electron chi connectivity index (χ4n) is 4.06. The molecular weight excluding hydrogens is 371 g/mol. The highest BCUT2D eigenvalue weighted by Gasteiger charge is 2.36. The summed E-state index contributed by atoms with van der Waals surface area (Å²) in [6, 6.07) is 8.01.